The van der Waals surface area contributed by atoms with Gasteiger partial charge in [0.1, 0.15) is 11.4 Å². The van der Waals surface area contributed by atoms with Crippen LogP contribution in [0.15, 0.2) is 24.3 Å². The van der Waals surface area contributed by atoms with Crippen molar-refractivity contribution in [3.8, 4) is 5.75 Å². The molecule has 4 nitrogen and oxygen atoms in total. The van der Waals surface area contributed by atoms with Gasteiger partial charge in [0.15, 0.2) is 0 Å². The van der Waals surface area contributed by atoms with Crippen molar-refractivity contribution in [1.82, 2.24) is 5.32 Å². The fourth-order valence-electron chi connectivity index (χ4n) is 2.97. The van der Waals surface area contributed by atoms with E-state index in [9.17, 15) is 4.79 Å². The van der Waals surface area contributed by atoms with E-state index in [0.717, 1.165) is 25.1 Å². The topological polar surface area (TPSA) is 47.6 Å². The average molecular weight is 305 g/mol. The Hall–Kier alpha value is -1.55. The molecule has 0 spiro atoms. The maximum absolute atomic E-state index is 12.1. The summed E-state index contributed by atoms with van der Waals surface area (Å²) in [6, 6.07) is 8.28. The zero-order valence-electron chi connectivity index (χ0n) is 14.0. The second-order valence-electron chi connectivity index (χ2n) is 6.90. The molecule has 0 radical (unpaired) electrons. The molecule has 1 aliphatic rings. The fourth-order valence-corrected chi connectivity index (χ4v) is 2.97. The Kier molecular flexibility index (Phi) is 5.46. The molecular weight excluding hydrogens is 278 g/mol. The summed E-state index contributed by atoms with van der Waals surface area (Å²) >= 11 is 0. The molecule has 1 aliphatic heterocycles. The highest BCUT2D eigenvalue weighted by Gasteiger charge is 2.29. The van der Waals surface area contributed by atoms with Crippen molar-refractivity contribution in [3.05, 3.63) is 29.8 Å². The number of carbonyl (C=O) groups excluding carboxylic acids is 1. The quantitative estimate of drug-likeness (QED) is 0.865. The number of piperidine rings is 1. The second-order valence-corrected chi connectivity index (χ2v) is 6.90. The molecule has 1 saturated heterocycles. The van der Waals surface area contributed by atoms with Gasteiger partial charge < -0.3 is 14.8 Å². The van der Waals surface area contributed by atoms with Gasteiger partial charge in [0.2, 0.25) is 0 Å². The van der Waals surface area contributed by atoms with E-state index in [4.69, 9.17) is 9.47 Å². The highest BCUT2D eigenvalue weighted by atomic mass is 16.6. The lowest BCUT2D eigenvalue weighted by molar-refractivity contribution is -0.156. The van der Waals surface area contributed by atoms with E-state index >= 15 is 0 Å². The van der Waals surface area contributed by atoms with Gasteiger partial charge in [-0.15, -0.1) is 0 Å². The summed E-state index contributed by atoms with van der Waals surface area (Å²) in [6.45, 7) is 6.71. The molecule has 2 rings (SSSR count). The molecule has 1 heterocycles. The first-order chi connectivity index (χ1) is 10.4. The van der Waals surface area contributed by atoms with Gasteiger partial charge >= 0.3 is 5.97 Å². The van der Waals surface area contributed by atoms with Crippen molar-refractivity contribution in [1.29, 1.82) is 0 Å². The summed E-state index contributed by atoms with van der Waals surface area (Å²) < 4.78 is 10.7. The number of nitrogens with one attached hydrogen (secondary N) is 1. The van der Waals surface area contributed by atoms with E-state index in [1.54, 1.807) is 7.11 Å². The predicted octanol–water partition coefficient (Wildman–Crippen LogP) is 3.47. The summed E-state index contributed by atoms with van der Waals surface area (Å²) in [4.78, 5) is 12.1. The maximum atomic E-state index is 12.1. The van der Waals surface area contributed by atoms with Crippen molar-refractivity contribution in [2.45, 2.75) is 51.7 Å². The molecule has 1 aromatic rings. The molecule has 1 fully saturated rings. The Morgan fingerprint density at radius 3 is 2.55 bits per heavy atom. The molecule has 1 aromatic carbocycles. The predicted molar refractivity (Wildman–Crippen MR) is 86.9 cm³/mol. The van der Waals surface area contributed by atoms with Crippen LogP contribution >= 0.6 is 0 Å². The van der Waals surface area contributed by atoms with Crippen LogP contribution in [0.3, 0.4) is 0 Å². The minimum atomic E-state index is -0.422. The van der Waals surface area contributed by atoms with Crippen molar-refractivity contribution in [2.75, 3.05) is 13.7 Å². The molecule has 0 saturated carbocycles. The Balaban J connectivity index is 2.05. The number of benzene rings is 1. The van der Waals surface area contributed by atoms with Gasteiger partial charge in [0.25, 0.3) is 0 Å². The molecule has 2 atom stereocenters. The van der Waals surface area contributed by atoms with Crippen LogP contribution < -0.4 is 10.1 Å². The van der Waals surface area contributed by atoms with Crippen LogP contribution in [-0.4, -0.2) is 25.2 Å². The van der Waals surface area contributed by atoms with E-state index in [1.165, 1.54) is 5.56 Å². The third-order valence-corrected chi connectivity index (χ3v) is 3.91. The third kappa shape index (κ3) is 4.73. The van der Waals surface area contributed by atoms with Gasteiger partial charge in [0, 0.05) is 6.04 Å². The van der Waals surface area contributed by atoms with Gasteiger partial charge in [0.05, 0.1) is 13.5 Å². The Labute approximate surface area is 133 Å². The van der Waals surface area contributed by atoms with Gasteiger partial charge in [-0.25, -0.2) is 0 Å². The first-order valence-electron chi connectivity index (χ1n) is 7.98. The largest absolute Gasteiger partial charge is 0.497 e. The van der Waals surface area contributed by atoms with Crippen LogP contribution in [0.25, 0.3) is 0 Å². The molecule has 4 heteroatoms. The summed E-state index contributed by atoms with van der Waals surface area (Å²) in [6.07, 6.45) is 2.60. The standard InChI is InChI=1S/C18H27NO3/c1-18(2,3)22-16(20)12-14-6-5-11-19-17(14)13-7-9-15(21-4)10-8-13/h7-10,14,17,19H,5-6,11-12H2,1-4H3. The van der Waals surface area contributed by atoms with Gasteiger partial charge in [-0.3, -0.25) is 4.79 Å². The summed E-state index contributed by atoms with van der Waals surface area (Å²) in [5.74, 6) is 1.01. The van der Waals surface area contributed by atoms with Crippen LogP contribution in [0.5, 0.6) is 5.75 Å². The van der Waals surface area contributed by atoms with Crippen LogP contribution in [-0.2, 0) is 9.53 Å². The van der Waals surface area contributed by atoms with Crippen LogP contribution in [0.1, 0.15) is 51.6 Å². The van der Waals surface area contributed by atoms with Gasteiger partial charge in [-0.05, 0) is 63.8 Å². The number of hydrogen-bond donors (Lipinski definition) is 1. The highest BCUT2D eigenvalue weighted by Crippen LogP contribution is 2.33. The summed E-state index contributed by atoms with van der Waals surface area (Å²) in [5, 5.41) is 3.54. The van der Waals surface area contributed by atoms with E-state index in [2.05, 4.69) is 17.4 Å². The molecule has 0 bridgehead atoms. The number of methoxy groups -OCH3 is 1. The number of hydrogen-bond acceptors (Lipinski definition) is 4. The van der Waals surface area contributed by atoms with Gasteiger partial charge in [-0.2, -0.15) is 0 Å². The van der Waals surface area contributed by atoms with Crippen LogP contribution in [0.4, 0.5) is 0 Å². The third-order valence-electron chi connectivity index (χ3n) is 3.91. The first kappa shape index (κ1) is 16.8. The fraction of sp³-hybridized carbons (Fsp3) is 0.611. The average Bonchev–Trinajstić information content (AvgIpc) is 2.46. The monoisotopic (exact) mass is 305 g/mol. The van der Waals surface area contributed by atoms with Crippen LogP contribution in [0.2, 0.25) is 0 Å². The minimum absolute atomic E-state index is 0.111. The van der Waals surface area contributed by atoms with Crippen molar-refractivity contribution in [2.24, 2.45) is 5.92 Å². The molecule has 122 valence electrons. The maximum Gasteiger partial charge on any atom is 0.306 e. The SMILES string of the molecule is COc1ccc(C2NCCCC2CC(=O)OC(C)(C)C)cc1. The number of carbonyl (C=O) groups is 1. The smallest absolute Gasteiger partial charge is 0.306 e. The first-order valence-corrected chi connectivity index (χ1v) is 7.98. The zero-order valence-corrected chi connectivity index (χ0v) is 14.0. The minimum Gasteiger partial charge on any atom is -0.497 e. The molecule has 0 aliphatic carbocycles. The number of rotatable bonds is 4. The second kappa shape index (κ2) is 7.14. The van der Waals surface area contributed by atoms with E-state index < -0.39 is 5.60 Å². The zero-order chi connectivity index (χ0) is 16.2. The van der Waals surface area contributed by atoms with Crippen molar-refractivity contribution in [3.63, 3.8) is 0 Å². The Morgan fingerprint density at radius 1 is 1.27 bits per heavy atom. The molecule has 1 N–H and O–H groups in total. The molecule has 0 amide bonds. The Morgan fingerprint density at radius 2 is 1.95 bits per heavy atom. The molecular formula is C18H27NO3. The molecule has 0 aromatic heterocycles. The van der Waals surface area contributed by atoms with Gasteiger partial charge in [-0.1, -0.05) is 12.1 Å². The van der Waals surface area contributed by atoms with Crippen LogP contribution in [0, 0.1) is 5.92 Å². The normalized spacial score (nSPS) is 22.2. The van der Waals surface area contributed by atoms with E-state index in [1.807, 2.05) is 32.9 Å². The lowest BCUT2D eigenvalue weighted by Gasteiger charge is -2.33. The number of ether oxygens (including phenoxy) is 2. The van der Waals surface area contributed by atoms with Crippen molar-refractivity contribution >= 4 is 5.97 Å². The Bertz CT molecular complexity index is 490. The van der Waals surface area contributed by atoms with E-state index in [-0.39, 0.29) is 17.9 Å². The van der Waals surface area contributed by atoms with Crippen molar-refractivity contribution < 1.29 is 14.3 Å². The van der Waals surface area contributed by atoms with E-state index in [0.29, 0.717) is 6.42 Å². The molecule has 22 heavy (non-hydrogen) atoms. The molecule has 2 unspecified atom stereocenters. The summed E-state index contributed by atoms with van der Waals surface area (Å²) in [5.41, 5.74) is 0.781. The lowest BCUT2D eigenvalue weighted by atomic mass is 9.84. The summed E-state index contributed by atoms with van der Waals surface area (Å²) in [7, 11) is 1.67. The number of esters is 1. The lowest BCUT2D eigenvalue weighted by Crippen LogP contribution is -2.36. The highest BCUT2D eigenvalue weighted by molar-refractivity contribution is 5.70.